The van der Waals surface area contributed by atoms with Crippen LogP contribution in [0.25, 0.3) is 32.8 Å². The molecular weight excluding hydrogens is 246 g/mol. The molecule has 0 atom stereocenters. The van der Waals surface area contributed by atoms with Crippen molar-refractivity contribution in [2.45, 2.75) is 0 Å². The molecule has 0 bridgehead atoms. The minimum Gasteiger partial charge on any atom is -0.438 e. The molecule has 0 amide bonds. The maximum Gasteiger partial charge on any atom is 0.227 e. The average Bonchev–Trinajstić information content (AvgIpc) is 2.77. The van der Waals surface area contributed by atoms with Crippen LogP contribution in [0.1, 0.15) is 0 Å². The molecule has 4 aromatic rings. The van der Waals surface area contributed by atoms with Gasteiger partial charge in [0.1, 0.15) is 5.58 Å². The summed E-state index contributed by atoms with van der Waals surface area (Å²) < 4.78 is 5.75. The first-order valence-corrected chi connectivity index (χ1v) is 6.07. The third kappa shape index (κ3) is 1.21. The zero-order valence-corrected chi connectivity index (χ0v) is 10.1. The smallest absolute Gasteiger partial charge is 0.227 e. The normalized spacial score (nSPS) is 11.6. The lowest BCUT2D eigenvalue weighted by Gasteiger charge is -2.01. The Hall–Kier alpha value is -2.06. The monoisotopic (exact) mass is 253 g/mol. The van der Waals surface area contributed by atoms with E-state index in [4.69, 9.17) is 16.0 Å². The summed E-state index contributed by atoms with van der Waals surface area (Å²) in [5.41, 5.74) is 1.51. The summed E-state index contributed by atoms with van der Waals surface area (Å²) in [5, 5.41) is 5.01. The minimum absolute atomic E-state index is 0.667. The predicted molar refractivity (Wildman–Crippen MR) is 74.0 cm³/mol. The number of nitrogens with zero attached hydrogens (tertiary/aromatic N) is 1. The molecule has 0 saturated carbocycles. The van der Waals surface area contributed by atoms with Crippen molar-refractivity contribution in [3.63, 3.8) is 0 Å². The molecule has 0 aliphatic rings. The van der Waals surface area contributed by atoms with E-state index in [9.17, 15) is 0 Å². The van der Waals surface area contributed by atoms with E-state index in [0.29, 0.717) is 5.71 Å². The van der Waals surface area contributed by atoms with Crippen LogP contribution in [0.3, 0.4) is 0 Å². The Labute approximate surface area is 108 Å². The number of hydrogen-bond donors (Lipinski definition) is 0. The van der Waals surface area contributed by atoms with Crippen LogP contribution in [0.4, 0.5) is 0 Å². The zero-order valence-electron chi connectivity index (χ0n) is 9.35. The molecule has 0 spiro atoms. The lowest BCUT2D eigenvalue weighted by molar-refractivity contribution is 0.654. The van der Waals surface area contributed by atoms with E-state index >= 15 is 0 Å². The van der Waals surface area contributed by atoms with Gasteiger partial charge in [0.2, 0.25) is 5.71 Å². The van der Waals surface area contributed by atoms with E-state index in [2.05, 4.69) is 11.1 Å². The predicted octanol–water partition coefficient (Wildman–Crippen LogP) is 4.79. The molecule has 0 aliphatic carbocycles. The van der Waals surface area contributed by atoms with E-state index in [1.54, 1.807) is 6.20 Å². The summed E-state index contributed by atoms with van der Waals surface area (Å²) in [5.74, 6) is 0. The first kappa shape index (κ1) is 9.92. The van der Waals surface area contributed by atoms with Crippen LogP contribution < -0.4 is 0 Å². The van der Waals surface area contributed by atoms with Crippen molar-refractivity contribution < 1.29 is 4.42 Å². The van der Waals surface area contributed by atoms with Crippen molar-refractivity contribution in [3.8, 4) is 0 Å². The van der Waals surface area contributed by atoms with Crippen LogP contribution >= 0.6 is 11.6 Å². The summed E-state index contributed by atoms with van der Waals surface area (Å²) in [6, 6.07) is 13.8. The van der Waals surface area contributed by atoms with Gasteiger partial charge in [-0.25, -0.2) is 4.98 Å². The molecule has 86 valence electrons. The minimum atomic E-state index is 0.667. The Morgan fingerprint density at radius 3 is 2.72 bits per heavy atom. The number of halogens is 1. The summed E-state index contributed by atoms with van der Waals surface area (Å²) in [4.78, 5) is 4.25. The highest BCUT2D eigenvalue weighted by atomic mass is 35.5. The Balaban J connectivity index is 2.37. The van der Waals surface area contributed by atoms with Gasteiger partial charge >= 0.3 is 0 Å². The van der Waals surface area contributed by atoms with Crippen LogP contribution in [-0.2, 0) is 0 Å². The van der Waals surface area contributed by atoms with E-state index in [1.165, 1.54) is 0 Å². The second kappa shape index (κ2) is 3.47. The van der Waals surface area contributed by atoms with Crippen molar-refractivity contribution in [2.75, 3.05) is 0 Å². The van der Waals surface area contributed by atoms with Gasteiger partial charge in [0, 0.05) is 27.4 Å². The van der Waals surface area contributed by atoms with Crippen molar-refractivity contribution in [2.24, 2.45) is 0 Å². The van der Waals surface area contributed by atoms with E-state index in [-0.39, 0.29) is 0 Å². The molecule has 0 fully saturated rings. The molecule has 0 unspecified atom stereocenters. The topological polar surface area (TPSA) is 26.0 Å². The first-order valence-electron chi connectivity index (χ1n) is 5.69. The van der Waals surface area contributed by atoms with Gasteiger partial charge in [0.25, 0.3) is 0 Å². The summed E-state index contributed by atoms with van der Waals surface area (Å²) in [7, 11) is 0. The molecule has 2 nitrogen and oxygen atoms in total. The quantitative estimate of drug-likeness (QED) is 0.450. The molecule has 3 heteroatoms. The molecule has 2 aromatic heterocycles. The molecule has 0 aliphatic heterocycles. The highest BCUT2D eigenvalue weighted by Gasteiger charge is 2.11. The zero-order chi connectivity index (χ0) is 12.1. The van der Waals surface area contributed by atoms with Gasteiger partial charge in [-0.05, 0) is 35.7 Å². The van der Waals surface area contributed by atoms with E-state index in [1.807, 2.05) is 36.4 Å². The fraction of sp³-hybridized carbons (Fsp3) is 0. The van der Waals surface area contributed by atoms with Crippen molar-refractivity contribution in [1.82, 2.24) is 4.98 Å². The number of pyridine rings is 1. The van der Waals surface area contributed by atoms with Gasteiger partial charge < -0.3 is 4.42 Å². The Morgan fingerprint density at radius 1 is 0.889 bits per heavy atom. The number of fused-ring (bicyclic) bond motifs is 5. The van der Waals surface area contributed by atoms with Crippen molar-refractivity contribution in [3.05, 3.63) is 53.7 Å². The number of aromatic nitrogens is 1. The van der Waals surface area contributed by atoms with Gasteiger partial charge in [0.05, 0.1) is 0 Å². The Kier molecular flexibility index (Phi) is 1.91. The highest BCUT2D eigenvalue weighted by molar-refractivity contribution is 6.37. The maximum atomic E-state index is 6.23. The standard InChI is InChI=1S/C15H8ClNO/c16-12-5-1-3-10-9(12)6-7-13-14(10)11-4-2-8-17-15(11)18-13/h1-8H. The van der Waals surface area contributed by atoms with Crippen molar-refractivity contribution >= 4 is 44.4 Å². The first-order chi connectivity index (χ1) is 8.84. The van der Waals surface area contributed by atoms with Crippen LogP contribution in [-0.4, -0.2) is 4.98 Å². The lowest BCUT2D eigenvalue weighted by atomic mass is 10.0. The summed E-state index contributed by atoms with van der Waals surface area (Å²) >= 11 is 6.23. The Bertz CT molecular complexity index is 895. The molecule has 0 N–H and O–H groups in total. The molecule has 2 aromatic carbocycles. The Morgan fingerprint density at radius 2 is 1.78 bits per heavy atom. The van der Waals surface area contributed by atoms with Gasteiger partial charge in [-0.2, -0.15) is 0 Å². The fourth-order valence-electron chi connectivity index (χ4n) is 2.43. The summed E-state index contributed by atoms with van der Waals surface area (Å²) in [6.07, 6.45) is 1.74. The molecule has 0 saturated heterocycles. The van der Waals surface area contributed by atoms with E-state index < -0.39 is 0 Å². The second-order valence-electron chi connectivity index (χ2n) is 4.23. The second-order valence-corrected chi connectivity index (χ2v) is 4.64. The molecule has 0 radical (unpaired) electrons. The van der Waals surface area contributed by atoms with Crippen LogP contribution in [0.15, 0.2) is 53.1 Å². The number of rotatable bonds is 0. The maximum absolute atomic E-state index is 6.23. The molecule has 18 heavy (non-hydrogen) atoms. The van der Waals surface area contributed by atoms with Crippen LogP contribution in [0.2, 0.25) is 5.02 Å². The summed E-state index contributed by atoms with van der Waals surface area (Å²) in [6.45, 7) is 0. The molecule has 4 rings (SSSR count). The number of hydrogen-bond acceptors (Lipinski definition) is 2. The number of furan rings is 1. The molecular formula is C15H8ClNO. The van der Waals surface area contributed by atoms with Gasteiger partial charge in [-0.1, -0.05) is 23.7 Å². The van der Waals surface area contributed by atoms with Crippen LogP contribution in [0.5, 0.6) is 0 Å². The van der Waals surface area contributed by atoms with E-state index in [0.717, 1.165) is 32.2 Å². The lowest BCUT2D eigenvalue weighted by Crippen LogP contribution is -1.76. The third-order valence-corrected chi connectivity index (χ3v) is 3.55. The molecule has 2 heterocycles. The SMILES string of the molecule is Clc1cccc2c1ccc1oc3ncccc3c12. The third-order valence-electron chi connectivity index (χ3n) is 3.22. The average molecular weight is 254 g/mol. The largest absolute Gasteiger partial charge is 0.438 e. The van der Waals surface area contributed by atoms with Gasteiger partial charge in [-0.3, -0.25) is 0 Å². The van der Waals surface area contributed by atoms with Crippen LogP contribution in [0, 0.1) is 0 Å². The number of benzene rings is 2. The van der Waals surface area contributed by atoms with Gasteiger partial charge in [0.15, 0.2) is 0 Å². The fourth-order valence-corrected chi connectivity index (χ4v) is 2.67. The highest BCUT2D eigenvalue weighted by Crippen LogP contribution is 2.35. The van der Waals surface area contributed by atoms with Crippen molar-refractivity contribution in [1.29, 1.82) is 0 Å². The van der Waals surface area contributed by atoms with Gasteiger partial charge in [-0.15, -0.1) is 0 Å².